The number of aromatic nitrogens is 2. The highest BCUT2D eigenvalue weighted by Crippen LogP contribution is 2.47. The van der Waals surface area contributed by atoms with E-state index in [1.54, 1.807) is 6.92 Å². The van der Waals surface area contributed by atoms with E-state index in [2.05, 4.69) is 15.3 Å². The molecule has 130 valence electrons. The van der Waals surface area contributed by atoms with Gasteiger partial charge in [-0.2, -0.15) is 0 Å². The number of fused-ring (bicyclic) bond motifs is 1. The number of anilines is 1. The second-order valence-corrected chi connectivity index (χ2v) is 6.99. The van der Waals surface area contributed by atoms with E-state index in [9.17, 15) is 4.79 Å². The molecule has 4 rings (SSSR count). The number of aryl methyl sites for hydroxylation is 1. The number of ether oxygens (including phenoxy) is 1. The van der Waals surface area contributed by atoms with Crippen molar-refractivity contribution >= 4 is 11.9 Å². The lowest BCUT2D eigenvalue weighted by Gasteiger charge is -2.40. The number of para-hydroxylation sites is 1. The first-order valence-electron chi connectivity index (χ1n) is 8.74. The second-order valence-electron chi connectivity index (χ2n) is 6.99. The van der Waals surface area contributed by atoms with Crippen molar-refractivity contribution in [1.82, 2.24) is 15.3 Å². The Kier molecular flexibility index (Phi) is 3.82. The van der Waals surface area contributed by atoms with Gasteiger partial charge in [0, 0.05) is 18.2 Å². The van der Waals surface area contributed by atoms with Crippen LogP contribution in [0.1, 0.15) is 59.8 Å². The Morgan fingerprint density at radius 2 is 2.08 bits per heavy atom. The molecule has 2 aliphatic rings. The molecular weight excluding hydrogens is 316 g/mol. The fourth-order valence-corrected chi connectivity index (χ4v) is 4.02. The summed E-state index contributed by atoms with van der Waals surface area (Å²) in [6.07, 6.45) is 6.71. The SMILES string of the molecule is Cc1nc(N)ncc1C(=O)N[C@H]1CC2(CCCC2)Oc2ccccc21. The Morgan fingerprint density at radius 1 is 1.32 bits per heavy atom. The highest BCUT2D eigenvalue weighted by molar-refractivity contribution is 5.95. The molecule has 25 heavy (non-hydrogen) atoms. The van der Waals surface area contributed by atoms with Crippen LogP contribution >= 0.6 is 0 Å². The minimum absolute atomic E-state index is 0.0764. The number of nitrogens with two attached hydrogens (primary N) is 1. The number of nitrogen functional groups attached to an aromatic ring is 1. The number of rotatable bonds is 2. The molecule has 1 atom stereocenters. The average molecular weight is 338 g/mol. The topological polar surface area (TPSA) is 90.1 Å². The van der Waals surface area contributed by atoms with E-state index < -0.39 is 0 Å². The summed E-state index contributed by atoms with van der Waals surface area (Å²) < 4.78 is 6.34. The number of benzene rings is 1. The van der Waals surface area contributed by atoms with Crippen molar-refractivity contribution in [2.75, 3.05) is 5.73 Å². The van der Waals surface area contributed by atoms with Gasteiger partial charge >= 0.3 is 0 Å². The fraction of sp³-hybridized carbons (Fsp3) is 0.421. The van der Waals surface area contributed by atoms with Crippen LogP contribution in [0.5, 0.6) is 5.75 Å². The van der Waals surface area contributed by atoms with Gasteiger partial charge in [0.05, 0.1) is 17.3 Å². The van der Waals surface area contributed by atoms with Crippen LogP contribution in [0.15, 0.2) is 30.5 Å². The number of carbonyl (C=O) groups excluding carboxylic acids is 1. The molecule has 0 radical (unpaired) electrons. The van der Waals surface area contributed by atoms with Gasteiger partial charge in [0.1, 0.15) is 11.4 Å². The van der Waals surface area contributed by atoms with E-state index in [0.717, 1.165) is 30.6 Å². The number of nitrogens with zero attached hydrogens (tertiary/aromatic N) is 2. The molecule has 6 heteroatoms. The zero-order valence-electron chi connectivity index (χ0n) is 14.3. The van der Waals surface area contributed by atoms with Crippen molar-refractivity contribution in [3.8, 4) is 5.75 Å². The van der Waals surface area contributed by atoms with E-state index in [-0.39, 0.29) is 23.5 Å². The molecule has 1 spiro atoms. The smallest absolute Gasteiger partial charge is 0.255 e. The number of hydrogen-bond donors (Lipinski definition) is 2. The van der Waals surface area contributed by atoms with Crippen LogP contribution in [0.2, 0.25) is 0 Å². The van der Waals surface area contributed by atoms with Gasteiger partial charge in [-0.25, -0.2) is 9.97 Å². The van der Waals surface area contributed by atoms with Crippen molar-refractivity contribution in [1.29, 1.82) is 0 Å². The summed E-state index contributed by atoms with van der Waals surface area (Å²) in [5.74, 6) is 0.883. The van der Waals surface area contributed by atoms with E-state index >= 15 is 0 Å². The lowest BCUT2D eigenvalue weighted by atomic mass is 9.86. The third kappa shape index (κ3) is 2.92. The highest BCUT2D eigenvalue weighted by Gasteiger charge is 2.43. The van der Waals surface area contributed by atoms with Gasteiger partial charge in [0.25, 0.3) is 5.91 Å². The van der Waals surface area contributed by atoms with Crippen LogP contribution in [0.4, 0.5) is 5.95 Å². The first-order valence-corrected chi connectivity index (χ1v) is 8.74. The molecule has 0 bridgehead atoms. The summed E-state index contributed by atoms with van der Waals surface area (Å²) >= 11 is 0. The summed E-state index contributed by atoms with van der Waals surface area (Å²) in [6.45, 7) is 1.77. The van der Waals surface area contributed by atoms with Crippen LogP contribution in [0, 0.1) is 6.92 Å². The third-order valence-corrected chi connectivity index (χ3v) is 5.26. The van der Waals surface area contributed by atoms with Gasteiger partial charge in [-0.1, -0.05) is 18.2 Å². The number of hydrogen-bond acceptors (Lipinski definition) is 5. The van der Waals surface area contributed by atoms with Crippen LogP contribution < -0.4 is 15.8 Å². The second kappa shape index (κ2) is 6.02. The standard InChI is InChI=1S/C19H22N4O2/c1-12-14(11-21-18(20)22-12)17(24)23-15-10-19(8-4-5-9-19)25-16-7-3-2-6-13(15)16/h2-3,6-7,11,15H,4-5,8-10H2,1H3,(H,23,24)(H2,20,21,22)/t15-/m0/s1. The Balaban J connectivity index is 1.63. The molecule has 3 N–H and O–H groups in total. The Bertz CT molecular complexity index is 815. The third-order valence-electron chi connectivity index (χ3n) is 5.26. The summed E-state index contributed by atoms with van der Waals surface area (Å²) in [4.78, 5) is 20.8. The van der Waals surface area contributed by atoms with Crippen LogP contribution in [-0.4, -0.2) is 21.5 Å². The first kappa shape index (κ1) is 15.9. The number of carbonyl (C=O) groups is 1. The van der Waals surface area contributed by atoms with E-state index in [1.807, 2.05) is 24.3 Å². The van der Waals surface area contributed by atoms with Gasteiger partial charge in [-0.05, 0) is 38.7 Å². The van der Waals surface area contributed by atoms with Crippen molar-refractivity contribution < 1.29 is 9.53 Å². The summed E-state index contributed by atoms with van der Waals surface area (Å²) in [5, 5.41) is 3.16. The predicted molar refractivity (Wildman–Crippen MR) is 94.3 cm³/mol. The van der Waals surface area contributed by atoms with Gasteiger partial charge < -0.3 is 15.8 Å². The molecule has 0 saturated heterocycles. The molecule has 1 aliphatic carbocycles. The minimum Gasteiger partial charge on any atom is -0.487 e. The maximum absolute atomic E-state index is 12.8. The lowest BCUT2D eigenvalue weighted by molar-refractivity contribution is 0.0360. The van der Waals surface area contributed by atoms with E-state index in [1.165, 1.54) is 19.0 Å². The lowest BCUT2D eigenvalue weighted by Crippen LogP contribution is -2.43. The molecule has 1 aromatic heterocycles. The molecule has 1 aliphatic heterocycles. The predicted octanol–water partition coefficient (Wildman–Crippen LogP) is 2.93. The monoisotopic (exact) mass is 338 g/mol. The Hall–Kier alpha value is -2.63. The summed E-state index contributed by atoms with van der Waals surface area (Å²) in [6, 6.07) is 7.89. The zero-order valence-corrected chi connectivity index (χ0v) is 14.3. The summed E-state index contributed by atoms with van der Waals surface area (Å²) in [7, 11) is 0. The van der Waals surface area contributed by atoms with Crippen LogP contribution in [0.25, 0.3) is 0 Å². The molecule has 6 nitrogen and oxygen atoms in total. The van der Waals surface area contributed by atoms with E-state index in [4.69, 9.17) is 10.5 Å². The van der Waals surface area contributed by atoms with E-state index in [0.29, 0.717) is 11.3 Å². The molecule has 1 fully saturated rings. The first-order chi connectivity index (χ1) is 12.1. The maximum Gasteiger partial charge on any atom is 0.255 e. The zero-order chi connectivity index (χ0) is 17.4. The van der Waals surface area contributed by atoms with Crippen molar-refractivity contribution in [3.05, 3.63) is 47.3 Å². The Labute approximate surface area is 146 Å². The van der Waals surface area contributed by atoms with Gasteiger partial charge in [0.2, 0.25) is 5.95 Å². The van der Waals surface area contributed by atoms with Crippen molar-refractivity contribution in [2.45, 2.75) is 50.7 Å². The van der Waals surface area contributed by atoms with Gasteiger partial charge in [-0.3, -0.25) is 4.79 Å². The largest absolute Gasteiger partial charge is 0.487 e. The van der Waals surface area contributed by atoms with Crippen molar-refractivity contribution in [3.63, 3.8) is 0 Å². The van der Waals surface area contributed by atoms with Crippen LogP contribution in [0.3, 0.4) is 0 Å². The highest BCUT2D eigenvalue weighted by atomic mass is 16.5. The normalized spacial score (nSPS) is 20.8. The maximum atomic E-state index is 12.8. The Morgan fingerprint density at radius 3 is 2.84 bits per heavy atom. The van der Waals surface area contributed by atoms with Crippen molar-refractivity contribution in [2.24, 2.45) is 0 Å². The molecule has 1 aromatic carbocycles. The number of nitrogens with one attached hydrogen (secondary N) is 1. The molecule has 2 heterocycles. The van der Waals surface area contributed by atoms with Crippen LogP contribution in [-0.2, 0) is 0 Å². The van der Waals surface area contributed by atoms with Gasteiger partial charge in [0.15, 0.2) is 0 Å². The summed E-state index contributed by atoms with van der Waals surface area (Å²) in [5.41, 5.74) is 7.50. The molecular formula is C19H22N4O2. The minimum atomic E-state index is -0.174. The molecule has 1 saturated carbocycles. The average Bonchev–Trinajstić information content (AvgIpc) is 3.02. The quantitative estimate of drug-likeness (QED) is 0.878. The fourth-order valence-electron chi connectivity index (χ4n) is 4.02. The molecule has 2 aromatic rings. The van der Waals surface area contributed by atoms with Gasteiger partial charge in [-0.15, -0.1) is 0 Å². The molecule has 1 amide bonds. The molecule has 0 unspecified atom stereocenters. The number of amides is 1.